The number of carbonyl (C=O) groups is 1. The van der Waals surface area contributed by atoms with Crippen LogP contribution in [0.5, 0.6) is 0 Å². The number of hydrogen-bond donors (Lipinski definition) is 1. The summed E-state index contributed by atoms with van der Waals surface area (Å²) < 4.78 is 0.957. The fourth-order valence-corrected chi connectivity index (χ4v) is 2.69. The average Bonchev–Trinajstić information content (AvgIpc) is 2.46. The third kappa shape index (κ3) is 6.53. The maximum absolute atomic E-state index is 12.1. The zero-order valence-corrected chi connectivity index (χ0v) is 15.9. The van der Waals surface area contributed by atoms with Gasteiger partial charge in [0.15, 0.2) is 0 Å². The van der Waals surface area contributed by atoms with Gasteiger partial charge in [-0.1, -0.05) is 25.4 Å². The second kappa shape index (κ2) is 9.64. The molecule has 1 rings (SSSR count). The Hall–Kier alpha value is -0.330. The Bertz CT molecular complexity index is 464. The van der Waals surface area contributed by atoms with Gasteiger partial charge in [-0.25, -0.2) is 0 Å². The molecule has 0 fully saturated rings. The molecule has 0 heterocycles. The van der Waals surface area contributed by atoms with E-state index in [1.807, 2.05) is 12.1 Å². The predicted octanol–water partition coefficient (Wildman–Crippen LogP) is 4.18. The van der Waals surface area contributed by atoms with E-state index in [-0.39, 0.29) is 11.9 Å². The van der Waals surface area contributed by atoms with Crippen molar-refractivity contribution in [2.75, 3.05) is 19.6 Å². The van der Waals surface area contributed by atoms with Crippen molar-refractivity contribution in [2.45, 2.75) is 39.7 Å². The minimum atomic E-state index is -0.0522. The first-order valence-electron chi connectivity index (χ1n) is 7.46. The van der Waals surface area contributed by atoms with Crippen molar-refractivity contribution in [3.05, 3.63) is 32.4 Å². The normalized spacial score (nSPS) is 12.5. The lowest BCUT2D eigenvalue weighted by Gasteiger charge is -2.19. The molecule has 0 aromatic heterocycles. The third-order valence-corrected chi connectivity index (χ3v) is 5.14. The maximum Gasteiger partial charge on any atom is 0.251 e. The molecule has 118 valence electrons. The highest BCUT2D eigenvalue weighted by Gasteiger charge is 2.11. The van der Waals surface area contributed by atoms with E-state index in [1.54, 1.807) is 6.07 Å². The van der Waals surface area contributed by atoms with E-state index in [9.17, 15) is 4.79 Å². The van der Waals surface area contributed by atoms with Gasteiger partial charge in [-0.15, -0.1) is 0 Å². The van der Waals surface area contributed by atoms with E-state index in [0.29, 0.717) is 10.6 Å². The Morgan fingerprint density at radius 2 is 2.05 bits per heavy atom. The molecule has 1 aromatic rings. The highest BCUT2D eigenvalue weighted by molar-refractivity contribution is 14.1. The van der Waals surface area contributed by atoms with Crippen LogP contribution in [-0.2, 0) is 0 Å². The molecule has 21 heavy (non-hydrogen) atoms. The number of benzene rings is 1. The van der Waals surface area contributed by atoms with Gasteiger partial charge in [0.25, 0.3) is 5.91 Å². The first-order valence-corrected chi connectivity index (χ1v) is 8.91. The van der Waals surface area contributed by atoms with Crippen molar-refractivity contribution < 1.29 is 4.79 Å². The number of amides is 1. The second-order valence-corrected chi connectivity index (χ2v) is 6.74. The van der Waals surface area contributed by atoms with E-state index >= 15 is 0 Å². The molecule has 3 nitrogen and oxygen atoms in total. The van der Waals surface area contributed by atoms with Gasteiger partial charge in [-0.3, -0.25) is 4.79 Å². The van der Waals surface area contributed by atoms with Gasteiger partial charge in [-0.05, 0) is 80.2 Å². The number of nitrogens with one attached hydrogen (secondary N) is 1. The number of carbonyl (C=O) groups excluding carboxylic acids is 1. The topological polar surface area (TPSA) is 32.3 Å². The molecule has 1 N–H and O–H groups in total. The molecule has 0 saturated heterocycles. The fraction of sp³-hybridized carbons (Fsp3) is 0.562. The summed E-state index contributed by atoms with van der Waals surface area (Å²) in [6.07, 6.45) is 2.08. The van der Waals surface area contributed by atoms with Crippen molar-refractivity contribution in [1.29, 1.82) is 0 Å². The summed E-state index contributed by atoms with van der Waals surface area (Å²) in [5, 5.41) is 3.66. The Balaban J connectivity index is 2.41. The highest BCUT2D eigenvalue weighted by Crippen LogP contribution is 2.19. The van der Waals surface area contributed by atoms with Crippen LogP contribution >= 0.6 is 34.2 Å². The average molecular weight is 423 g/mol. The highest BCUT2D eigenvalue weighted by atomic mass is 127. The number of hydrogen-bond acceptors (Lipinski definition) is 2. The Labute approximate surface area is 146 Å². The molecule has 0 radical (unpaired) electrons. The number of nitrogens with zero attached hydrogens (tertiary/aromatic N) is 1. The summed E-state index contributed by atoms with van der Waals surface area (Å²) >= 11 is 8.20. The number of rotatable bonds is 8. The van der Waals surface area contributed by atoms with Crippen LogP contribution in [0.4, 0.5) is 0 Å². The van der Waals surface area contributed by atoms with Crippen LogP contribution in [0.1, 0.15) is 44.0 Å². The van der Waals surface area contributed by atoms with Crippen LogP contribution in [0.3, 0.4) is 0 Å². The first kappa shape index (κ1) is 18.7. The van der Waals surface area contributed by atoms with Crippen LogP contribution in [0.25, 0.3) is 0 Å². The van der Waals surface area contributed by atoms with Crippen molar-refractivity contribution in [2.24, 2.45) is 0 Å². The summed E-state index contributed by atoms with van der Waals surface area (Å²) in [6.45, 7) is 9.65. The largest absolute Gasteiger partial charge is 0.350 e. The Morgan fingerprint density at radius 1 is 1.38 bits per heavy atom. The maximum atomic E-state index is 12.1. The van der Waals surface area contributed by atoms with Gasteiger partial charge in [0.1, 0.15) is 0 Å². The molecule has 0 aliphatic rings. The molecule has 0 aliphatic carbocycles. The van der Waals surface area contributed by atoms with Gasteiger partial charge in [-0.2, -0.15) is 0 Å². The quantitative estimate of drug-likeness (QED) is 0.637. The molecule has 1 aromatic carbocycles. The molecular weight excluding hydrogens is 399 g/mol. The molecular formula is C16H24ClIN2O. The van der Waals surface area contributed by atoms with Crippen molar-refractivity contribution in [1.82, 2.24) is 10.2 Å². The molecule has 0 spiro atoms. The van der Waals surface area contributed by atoms with E-state index in [1.165, 1.54) is 0 Å². The van der Waals surface area contributed by atoms with Crippen LogP contribution in [0, 0.1) is 3.57 Å². The van der Waals surface area contributed by atoms with E-state index in [0.717, 1.165) is 36.0 Å². The summed E-state index contributed by atoms with van der Waals surface area (Å²) in [7, 11) is 0. The SMILES string of the molecule is CCN(CC)CCCC(C)NC(=O)c1ccc(I)c(Cl)c1. The van der Waals surface area contributed by atoms with Crippen LogP contribution < -0.4 is 5.32 Å². The molecule has 0 bridgehead atoms. The van der Waals surface area contributed by atoms with Crippen LogP contribution in [0.15, 0.2) is 18.2 Å². The molecule has 0 saturated carbocycles. The Kier molecular flexibility index (Phi) is 8.59. The summed E-state index contributed by atoms with van der Waals surface area (Å²) in [5.41, 5.74) is 0.621. The lowest BCUT2D eigenvalue weighted by molar-refractivity contribution is 0.0937. The van der Waals surface area contributed by atoms with E-state index in [4.69, 9.17) is 11.6 Å². The second-order valence-electron chi connectivity index (χ2n) is 5.17. The lowest BCUT2D eigenvalue weighted by atomic mass is 10.1. The summed E-state index contributed by atoms with van der Waals surface area (Å²) in [4.78, 5) is 14.5. The van der Waals surface area contributed by atoms with Crippen LogP contribution in [-0.4, -0.2) is 36.5 Å². The van der Waals surface area contributed by atoms with E-state index < -0.39 is 0 Å². The van der Waals surface area contributed by atoms with Crippen molar-refractivity contribution in [3.8, 4) is 0 Å². The standard InChI is InChI=1S/C16H24ClIN2O/c1-4-20(5-2)10-6-7-12(3)19-16(21)13-8-9-15(18)14(17)11-13/h8-9,11-12H,4-7,10H2,1-3H3,(H,19,21). The van der Waals surface area contributed by atoms with Crippen molar-refractivity contribution >= 4 is 40.1 Å². The fourth-order valence-electron chi connectivity index (χ4n) is 2.18. The summed E-state index contributed by atoms with van der Waals surface area (Å²) in [5.74, 6) is -0.0522. The zero-order valence-electron chi connectivity index (χ0n) is 13.0. The summed E-state index contributed by atoms with van der Waals surface area (Å²) in [6, 6.07) is 5.57. The Morgan fingerprint density at radius 3 is 2.62 bits per heavy atom. The van der Waals surface area contributed by atoms with Gasteiger partial charge >= 0.3 is 0 Å². The minimum Gasteiger partial charge on any atom is -0.350 e. The zero-order chi connectivity index (χ0) is 15.8. The first-order chi connectivity index (χ1) is 9.97. The smallest absolute Gasteiger partial charge is 0.251 e. The van der Waals surface area contributed by atoms with Gasteiger partial charge < -0.3 is 10.2 Å². The minimum absolute atomic E-state index is 0.0522. The van der Waals surface area contributed by atoms with E-state index in [2.05, 4.69) is 53.6 Å². The molecule has 1 atom stereocenters. The van der Waals surface area contributed by atoms with Gasteiger partial charge in [0, 0.05) is 15.2 Å². The third-order valence-electron chi connectivity index (χ3n) is 3.57. The number of halogens is 2. The monoisotopic (exact) mass is 422 g/mol. The lowest BCUT2D eigenvalue weighted by Crippen LogP contribution is -2.33. The van der Waals surface area contributed by atoms with Crippen molar-refractivity contribution in [3.63, 3.8) is 0 Å². The predicted molar refractivity (Wildman–Crippen MR) is 98.1 cm³/mol. The van der Waals surface area contributed by atoms with Crippen LogP contribution in [0.2, 0.25) is 5.02 Å². The molecule has 1 unspecified atom stereocenters. The molecule has 1 amide bonds. The molecule has 5 heteroatoms. The molecule has 0 aliphatic heterocycles. The van der Waals surface area contributed by atoms with Gasteiger partial charge in [0.05, 0.1) is 5.02 Å². The van der Waals surface area contributed by atoms with Gasteiger partial charge in [0.2, 0.25) is 0 Å².